The van der Waals surface area contributed by atoms with Gasteiger partial charge in [-0.1, -0.05) is 18.8 Å². The first kappa shape index (κ1) is 19.3. The molecule has 1 atom stereocenters. The maximum Gasteiger partial charge on any atom is 0.262 e. The maximum atomic E-state index is 14.4. The molecule has 5 heteroatoms. The highest BCUT2D eigenvalue weighted by Gasteiger charge is 2.25. The normalized spacial score (nSPS) is 11.8. The second kappa shape index (κ2) is 7.89. The highest BCUT2D eigenvalue weighted by atomic mass is 19.1. The summed E-state index contributed by atoms with van der Waals surface area (Å²) in [5.41, 5.74) is 0.348. The molecular weight excluding hydrogens is 331 g/mol. The molecule has 2 rings (SSSR count). The van der Waals surface area contributed by atoms with Gasteiger partial charge < -0.3 is 10.1 Å². The average Bonchev–Trinajstić information content (AvgIpc) is 2.58. The molecule has 1 aromatic heterocycles. The van der Waals surface area contributed by atoms with Gasteiger partial charge in [0, 0.05) is 23.2 Å². The van der Waals surface area contributed by atoms with Crippen molar-refractivity contribution in [1.29, 1.82) is 0 Å². The van der Waals surface area contributed by atoms with Crippen LogP contribution in [-0.4, -0.2) is 22.5 Å². The van der Waals surface area contributed by atoms with E-state index >= 15 is 0 Å². The van der Waals surface area contributed by atoms with Crippen molar-refractivity contribution in [2.24, 2.45) is 0 Å². The number of amides is 1. The monoisotopic (exact) mass is 352 g/mol. The number of terminal acetylenes is 1. The molecule has 0 bridgehead atoms. The fourth-order valence-electron chi connectivity index (χ4n) is 2.51. The SMILES string of the molecule is C#Cc1cnc2cc(F)c(OC(CC)C(=O)NC(C)(C)C#CC)cc2c1. The van der Waals surface area contributed by atoms with Crippen molar-refractivity contribution in [3.05, 3.63) is 35.8 Å². The Balaban J connectivity index is 2.29. The molecule has 1 heterocycles. The summed E-state index contributed by atoms with van der Waals surface area (Å²) in [5, 5.41) is 3.45. The van der Waals surface area contributed by atoms with E-state index in [4.69, 9.17) is 11.2 Å². The van der Waals surface area contributed by atoms with Crippen LogP contribution in [0.15, 0.2) is 24.4 Å². The van der Waals surface area contributed by atoms with Gasteiger partial charge in [-0.15, -0.1) is 12.3 Å². The lowest BCUT2D eigenvalue weighted by molar-refractivity contribution is -0.129. The van der Waals surface area contributed by atoms with Gasteiger partial charge in [0.2, 0.25) is 0 Å². The molecule has 0 saturated heterocycles. The molecule has 1 amide bonds. The second-order valence-electron chi connectivity index (χ2n) is 6.35. The summed E-state index contributed by atoms with van der Waals surface area (Å²) in [7, 11) is 0. The van der Waals surface area contributed by atoms with E-state index in [1.807, 2.05) is 0 Å². The van der Waals surface area contributed by atoms with Gasteiger partial charge >= 0.3 is 0 Å². The van der Waals surface area contributed by atoms with E-state index in [0.717, 1.165) is 0 Å². The van der Waals surface area contributed by atoms with E-state index in [0.29, 0.717) is 22.9 Å². The van der Waals surface area contributed by atoms with Crippen LogP contribution in [0.1, 0.15) is 39.7 Å². The van der Waals surface area contributed by atoms with Gasteiger partial charge in [0.15, 0.2) is 17.7 Å². The zero-order valence-electron chi connectivity index (χ0n) is 15.3. The molecule has 4 nitrogen and oxygen atoms in total. The van der Waals surface area contributed by atoms with E-state index in [2.05, 4.69) is 28.1 Å². The molecule has 0 aliphatic carbocycles. The number of pyridine rings is 1. The van der Waals surface area contributed by atoms with E-state index in [1.165, 1.54) is 18.3 Å². The number of hydrogen-bond acceptors (Lipinski definition) is 3. The van der Waals surface area contributed by atoms with Gasteiger partial charge in [-0.3, -0.25) is 9.78 Å². The number of hydrogen-bond donors (Lipinski definition) is 1. The fourth-order valence-corrected chi connectivity index (χ4v) is 2.51. The largest absolute Gasteiger partial charge is 0.478 e. The molecule has 0 saturated carbocycles. The number of nitrogens with zero attached hydrogens (tertiary/aromatic N) is 1. The lowest BCUT2D eigenvalue weighted by atomic mass is 10.1. The summed E-state index contributed by atoms with van der Waals surface area (Å²) in [6, 6.07) is 4.49. The highest BCUT2D eigenvalue weighted by molar-refractivity contribution is 5.83. The van der Waals surface area contributed by atoms with E-state index < -0.39 is 17.5 Å². The van der Waals surface area contributed by atoms with Gasteiger partial charge in [-0.2, -0.15) is 0 Å². The molecule has 2 aromatic rings. The van der Waals surface area contributed by atoms with Gasteiger partial charge in [-0.25, -0.2) is 4.39 Å². The number of carbonyl (C=O) groups is 1. The Morgan fingerprint density at radius 1 is 1.42 bits per heavy atom. The molecule has 1 aromatic carbocycles. The van der Waals surface area contributed by atoms with Crippen molar-refractivity contribution in [1.82, 2.24) is 10.3 Å². The predicted molar refractivity (Wildman–Crippen MR) is 100 cm³/mol. The average molecular weight is 352 g/mol. The summed E-state index contributed by atoms with van der Waals surface area (Å²) < 4.78 is 20.0. The minimum absolute atomic E-state index is 0.0187. The van der Waals surface area contributed by atoms with Crippen LogP contribution in [0.25, 0.3) is 10.9 Å². The molecule has 1 unspecified atom stereocenters. The Kier molecular flexibility index (Phi) is 5.85. The standard InChI is InChI=1S/C21H21FN2O2/c1-6-9-21(4,5)24-20(25)18(8-3)26-19-11-15-10-14(7-2)13-23-17(15)12-16(19)22/h2,10-13,18H,8H2,1,3-5H3,(H,24,25). The fraction of sp³-hybridized carbons (Fsp3) is 0.333. The van der Waals surface area contributed by atoms with Crippen LogP contribution >= 0.6 is 0 Å². The van der Waals surface area contributed by atoms with Crippen molar-refractivity contribution in [3.63, 3.8) is 0 Å². The molecule has 0 fully saturated rings. The summed E-state index contributed by atoms with van der Waals surface area (Å²) >= 11 is 0. The number of fused-ring (bicyclic) bond motifs is 1. The van der Waals surface area contributed by atoms with Crippen LogP contribution in [0.5, 0.6) is 5.75 Å². The second-order valence-corrected chi connectivity index (χ2v) is 6.35. The minimum Gasteiger partial charge on any atom is -0.478 e. The van der Waals surface area contributed by atoms with Crippen LogP contribution in [0, 0.1) is 30.0 Å². The Morgan fingerprint density at radius 3 is 2.77 bits per heavy atom. The topological polar surface area (TPSA) is 51.2 Å². The Hall–Kier alpha value is -3.05. The Bertz CT molecular complexity index is 933. The number of carbonyl (C=O) groups excluding carboxylic acids is 1. The first-order valence-corrected chi connectivity index (χ1v) is 8.28. The van der Waals surface area contributed by atoms with Crippen molar-refractivity contribution < 1.29 is 13.9 Å². The Labute approximate surface area is 153 Å². The third kappa shape index (κ3) is 4.52. The molecule has 134 valence electrons. The molecule has 26 heavy (non-hydrogen) atoms. The summed E-state index contributed by atoms with van der Waals surface area (Å²) in [6.07, 6.45) is 6.41. The van der Waals surface area contributed by atoms with Crippen LogP contribution in [0.4, 0.5) is 4.39 Å². The number of ether oxygens (including phenoxy) is 1. The molecule has 0 aliphatic heterocycles. The van der Waals surface area contributed by atoms with Crippen LogP contribution in [0.3, 0.4) is 0 Å². The zero-order valence-corrected chi connectivity index (χ0v) is 15.3. The summed E-state index contributed by atoms with van der Waals surface area (Å²) in [4.78, 5) is 16.6. The lowest BCUT2D eigenvalue weighted by Crippen LogP contribution is -2.48. The molecule has 1 N–H and O–H groups in total. The molecule has 0 aliphatic rings. The third-order valence-electron chi connectivity index (χ3n) is 3.71. The number of halogens is 1. The van der Waals surface area contributed by atoms with Crippen molar-refractivity contribution in [2.75, 3.05) is 0 Å². The van der Waals surface area contributed by atoms with Gasteiger partial charge in [0.1, 0.15) is 0 Å². The number of benzene rings is 1. The van der Waals surface area contributed by atoms with Crippen LogP contribution < -0.4 is 10.1 Å². The molecule has 0 radical (unpaired) electrons. The quantitative estimate of drug-likeness (QED) is 0.839. The zero-order chi connectivity index (χ0) is 19.3. The maximum absolute atomic E-state index is 14.4. The summed E-state index contributed by atoms with van der Waals surface area (Å²) in [6.45, 7) is 7.07. The van der Waals surface area contributed by atoms with Crippen molar-refractivity contribution >= 4 is 16.8 Å². The number of rotatable bonds is 5. The third-order valence-corrected chi connectivity index (χ3v) is 3.71. The number of nitrogens with one attached hydrogen (secondary N) is 1. The molecule has 0 spiro atoms. The highest BCUT2D eigenvalue weighted by Crippen LogP contribution is 2.26. The lowest BCUT2D eigenvalue weighted by Gasteiger charge is -2.24. The number of aromatic nitrogens is 1. The predicted octanol–water partition coefficient (Wildman–Crippen LogP) is 3.43. The van der Waals surface area contributed by atoms with Gasteiger partial charge in [-0.05, 0) is 39.3 Å². The summed E-state index contributed by atoms with van der Waals surface area (Å²) in [5.74, 6) is 7.21. The van der Waals surface area contributed by atoms with E-state index in [9.17, 15) is 9.18 Å². The van der Waals surface area contributed by atoms with Crippen molar-refractivity contribution in [3.8, 4) is 29.9 Å². The van der Waals surface area contributed by atoms with E-state index in [1.54, 1.807) is 33.8 Å². The van der Waals surface area contributed by atoms with Crippen LogP contribution in [-0.2, 0) is 4.79 Å². The molecular formula is C21H21FN2O2. The minimum atomic E-state index is -0.844. The van der Waals surface area contributed by atoms with Gasteiger partial charge in [0.25, 0.3) is 5.91 Å². The van der Waals surface area contributed by atoms with Crippen molar-refractivity contribution in [2.45, 2.75) is 45.8 Å². The van der Waals surface area contributed by atoms with E-state index in [-0.39, 0.29) is 11.7 Å². The Morgan fingerprint density at radius 2 is 2.15 bits per heavy atom. The van der Waals surface area contributed by atoms with Gasteiger partial charge in [0.05, 0.1) is 11.1 Å². The first-order valence-electron chi connectivity index (χ1n) is 8.28. The van der Waals surface area contributed by atoms with Crippen LogP contribution in [0.2, 0.25) is 0 Å². The smallest absolute Gasteiger partial charge is 0.262 e. The first-order chi connectivity index (χ1) is 12.3.